The highest BCUT2D eigenvalue weighted by Crippen LogP contribution is 2.23. The van der Waals surface area contributed by atoms with Crippen LogP contribution in [0.5, 0.6) is 0 Å². The van der Waals surface area contributed by atoms with E-state index in [-0.39, 0.29) is 42.7 Å². The van der Waals surface area contributed by atoms with Crippen molar-refractivity contribution in [3.05, 3.63) is 0 Å². The number of rotatable bonds is 5. The molecular formula is C12H27Cl2N3O. The first-order valence-corrected chi connectivity index (χ1v) is 6.24. The number of carbonyl (C=O) groups is 1. The molecule has 0 heterocycles. The standard InChI is InChI=1S/C12H25N3O.2ClH/c1-9(2)15(3)7-6-14-12(16)10-4-5-11(13)8-10;;/h9-11H,4-8,13H2,1-3H3,(H,14,16);2*1H. The Kier molecular flexibility index (Phi) is 11.1. The van der Waals surface area contributed by atoms with Crippen molar-refractivity contribution in [3.63, 3.8) is 0 Å². The van der Waals surface area contributed by atoms with Gasteiger partial charge in [-0.15, -0.1) is 24.8 Å². The molecule has 0 aromatic carbocycles. The third-order valence-electron chi connectivity index (χ3n) is 3.49. The Bertz CT molecular complexity index is 239. The molecular weight excluding hydrogens is 273 g/mol. The van der Waals surface area contributed by atoms with Crippen LogP contribution >= 0.6 is 24.8 Å². The molecule has 1 amide bonds. The molecule has 0 aromatic rings. The van der Waals surface area contributed by atoms with Crippen LogP contribution in [-0.2, 0) is 4.79 Å². The van der Waals surface area contributed by atoms with Crippen LogP contribution in [0.25, 0.3) is 0 Å². The maximum absolute atomic E-state index is 11.8. The van der Waals surface area contributed by atoms with E-state index in [1.54, 1.807) is 0 Å². The molecule has 4 nitrogen and oxygen atoms in total. The lowest BCUT2D eigenvalue weighted by atomic mass is 10.1. The van der Waals surface area contributed by atoms with Crippen LogP contribution in [0.3, 0.4) is 0 Å². The van der Waals surface area contributed by atoms with Crippen molar-refractivity contribution in [2.45, 2.75) is 45.2 Å². The average molecular weight is 300 g/mol. The number of hydrogen-bond acceptors (Lipinski definition) is 3. The first kappa shape index (κ1) is 20.3. The van der Waals surface area contributed by atoms with E-state index in [1.807, 2.05) is 0 Å². The average Bonchev–Trinajstić information content (AvgIpc) is 2.64. The van der Waals surface area contributed by atoms with Crippen LogP contribution in [0.15, 0.2) is 0 Å². The summed E-state index contributed by atoms with van der Waals surface area (Å²) in [7, 11) is 2.07. The summed E-state index contributed by atoms with van der Waals surface area (Å²) in [6.07, 6.45) is 2.79. The molecule has 1 fully saturated rings. The molecule has 1 aliphatic rings. The fourth-order valence-corrected chi connectivity index (χ4v) is 2.01. The topological polar surface area (TPSA) is 58.4 Å². The van der Waals surface area contributed by atoms with Crippen molar-refractivity contribution in [3.8, 4) is 0 Å². The van der Waals surface area contributed by atoms with Crippen molar-refractivity contribution in [1.29, 1.82) is 0 Å². The van der Waals surface area contributed by atoms with E-state index in [0.29, 0.717) is 6.04 Å². The first-order chi connectivity index (χ1) is 7.50. The summed E-state index contributed by atoms with van der Waals surface area (Å²) in [5.74, 6) is 0.337. The number of amides is 1. The highest BCUT2D eigenvalue weighted by Gasteiger charge is 2.27. The quantitative estimate of drug-likeness (QED) is 0.807. The summed E-state index contributed by atoms with van der Waals surface area (Å²) < 4.78 is 0. The lowest BCUT2D eigenvalue weighted by molar-refractivity contribution is -0.124. The SMILES string of the molecule is CC(C)N(C)CCNC(=O)C1CCC(N)C1.Cl.Cl. The van der Waals surface area contributed by atoms with E-state index in [0.717, 1.165) is 32.4 Å². The van der Waals surface area contributed by atoms with Gasteiger partial charge in [0, 0.05) is 31.1 Å². The third kappa shape index (κ3) is 6.78. The van der Waals surface area contributed by atoms with Crippen LogP contribution < -0.4 is 11.1 Å². The molecule has 2 unspecified atom stereocenters. The zero-order valence-electron chi connectivity index (χ0n) is 11.5. The van der Waals surface area contributed by atoms with Crippen molar-refractivity contribution < 1.29 is 4.79 Å². The van der Waals surface area contributed by atoms with Crippen LogP contribution in [0.4, 0.5) is 0 Å². The van der Waals surface area contributed by atoms with Gasteiger partial charge in [0.2, 0.25) is 5.91 Å². The van der Waals surface area contributed by atoms with Gasteiger partial charge in [0.05, 0.1) is 0 Å². The molecule has 18 heavy (non-hydrogen) atoms. The van der Waals surface area contributed by atoms with Crippen molar-refractivity contribution in [1.82, 2.24) is 10.2 Å². The van der Waals surface area contributed by atoms with Crippen molar-refractivity contribution >= 4 is 30.7 Å². The fourth-order valence-electron chi connectivity index (χ4n) is 2.01. The second kappa shape index (κ2) is 9.84. The predicted molar refractivity (Wildman–Crippen MR) is 80.6 cm³/mol. The highest BCUT2D eigenvalue weighted by atomic mass is 35.5. The number of nitrogens with two attached hydrogens (primary N) is 1. The molecule has 0 bridgehead atoms. The van der Waals surface area contributed by atoms with Gasteiger partial charge in [0.15, 0.2) is 0 Å². The second-order valence-corrected chi connectivity index (χ2v) is 5.14. The summed E-state index contributed by atoms with van der Waals surface area (Å²) in [4.78, 5) is 14.0. The Balaban J connectivity index is 0. The van der Waals surface area contributed by atoms with Gasteiger partial charge in [-0.25, -0.2) is 0 Å². The minimum Gasteiger partial charge on any atom is -0.355 e. The van der Waals surface area contributed by atoms with Gasteiger partial charge < -0.3 is 16.0 Å². The fraction of sp³-hybridized carbons (Fsp3) is 0.917. The summed E-state index contributed by atoms with van der Waals surface area (Å²) in [6.45, 7) is 5.94. The molecule has 0 radical (unpaired) electrons. The molecule has 1 saturated carbocycles. The van der Waals surface area contributed by atoms with E-state index in [2.05, 4.69) is 31.1 Å². The zero-order chi connectivity index (χ0) is 12.1. The number of nitrogens with one attached hydrogen (secondary N) is 1. The summed E-state index contributed by atoms with van der Waals surface area (Å²) >= 11 is 0. The van der Waals surface area contributed by atoms with Gasteiger partial charge in [-0.3, -0.25) is 4.79 Å². The van der Waals surface area contributed by atoms with E-state index >= 15 is 0 Å². The highest BCUT2D eigenvalue weighted by molar-refractivity contribution is 5.85. The van der Waals surface area contributed by atoms with Crippen molar-refractivity contribution in [2.24, 2.45) is 11.7 Å². The molecule has 0 aliphatic heterocycles. The first-order valence-electron chi connectivity index (χ1n) is 6.24. The molecule has 110 valence electrons. The van der Waals surface area contributed by atoms with Gasteiger partial charge in [0.1, 0.15) is 0 Å². The van der Waals surface area contributed by atoms with E-state index in [9.17, 15) is 4.79 Å². The summed E-state index contributed by atoms with van der Waals surface area (Å²) in [5.41, 5.74) is 5.79. The molecule has 6 heteroatoms. The molecule has 3 N–H and O–H groups in total. The Morgan fingerprint density at radius 2 is 2.00 bits per heavy atom. The Morgan fingerprint density at radius 1 is 1.39 bits per heavy atom. The number of likely N-dealkylation sites (N-methyl/N-ethyl adjacent to an activating group) is 1. The number of hydrogen-bond donors (Lipinski definition) is 2. The van der Waals surface area contributed by atoms with Gasteiger partial charge >= 0.3 is 0 Å². The van der Waals surface area contributed by atoms with E-state index in [4.69, 9.17) is 5.73 Å². The minimum absolute atomic E-state index is 0. The minimum atomic E-state index is 0. The molecule has 1 rings (SSSR count). The van der Waals surface area contributed by atoms with Crippen LogP contribution in [0.2, 0.25) is 0 Å². The molecule has 0 aromatic heterocycles. The number of halogens is 2. The van der Waals surface area contributed by atoms with Gasteiger partial charge in [-0.2, -0.15) is 0 Å². The Labute approximate surface area is 123 Å². The second-order valence-electron chi connectivity index (χ2n) is 5.14. The maximum Gasteiger partial charge on any atom is 0.223 e. The smallest absolute Gasteiger partial charge is 0.223 e. The van der Waals surface area contributed by atoms with Crippen molar-refractivity contribution in [2.75, 3.05) is 20.1 Å². The molecule has 0 saturated heterocycles. The molecule has 1 aliphatic carbocycles. The van der Waals surface area contributed by atoms with E-state index < -0.39 is 0 Å². The predicted octanol–water partition coefficient (Wildman–Crippen LogP) is 1.41. The van der Waals surface area contributed by atoms with Gasteiger partial charge in [-0.05, 0) is 40.2 Å². The zero-order valence-corrected chi connectivity index (χ0v) is 13.1. The Morgan fingerprint density at radius 3 is 2.44 bits per heavy atom. The third-order valence-corrected chi connectivity index (χ3v) is 3.49. The summed E-state index contributed by atoms with van der Waals surface area (Å²) in [6, 6.07) is 0.755. The summed E-state index contributed by atoms with van der Waals surface area (Å²) in [5, 5.41) is 2.99. The van der Waals surface area contributed by atoms with Gasteiger partial charge in [0.25, 0.3) is 0 Å². The maximum atomic E-state index is 11.8. The lowest BCUT2D eigenvalue weighted by Crippen LogP contribution is -2.38. The largest absolute Gasteiger partial charge is 0.355 e. The van der Waals surface area contributed by atoms with E-state index in [1.165, 1.54) is 0 Å². The number of carbonyl (C=O) groups excluding carboxylic acids is 1. The lowest BCUT2D eigenvalue weighted by Gasteiger charge is -2.21. The molecule has 0 spiro atoms. The normalized spacial score (nSPS) is 22.6. The van der Waals surface area contributed by atoms with Crippen LogP contribution in [0.1, 0.15) is 33.1 Å². The van der Waals surface area contributed by atoms with Crippen LogP contribution in [-0.4, -0.2) is 43.0 Å². The molecule has 2 atom stereocenters. The number of nitrogens with zero attached hydrogens (tertiary/aromatic N) is 1. The van der Waals surface area contributed by atoms with Gasteiger partial charge in [-0.1, -0.05) is 0 Å². The monoisotopic (exact) mass is 299 g/mol. The van der Waals surface area contributed by atoms with Crippen LogP contribution in [0, 0.1) is 5.92 Å². The Hall–Kier alpha value is -0.0300.